The lowest BCUT2D eigenvalue weighted by molar-refractivity contribution is -0.00833. The van der Waals surface area contributed by atoms with Crippen molar-refractivity contribution in [1.82, 2.24) is 14.5 Å². The minimum Gasteiger partial charge on any atom is -0.490 e. The fourth-order valence-electron chi connectivity index (χ4n) is 5.03. The highest BCUT2D eigenvalue weighted by molar-refractivity contribution is 7.89. The summed E-state index contributed by atoms with van der Waals surface area (Å²) in [5, 5.41) is 16.1. The normalized spacial score (nSPS) is 21.1. The molecule has 1 aliphatic heterocycles. The first-order valence-electron chi connectivity index (χ1n) is 15.4. The second-order valence-corrected chi connectivity index (χ2v) is 14.5. The van der Waals surface area contributed by atoms with Gasteiger partial charge >= 0.3 is 6.03 Å². The van der Waals surface area contributed by atoms with Crippen LogP contribution in [0.2, 0.25) is 5.02 Å². The van der Waals surface area contributed by atoms with Crippen LogP contribution in [0.15, 0.2) is 47.4 Å². The van der Waals surface area contributed by atoms with E-state index in [1.807, 2.05) is 27.7 Å². The number of nitrogens with zero attached hydrogens (tertiary/aromatic N) is 2. The van der Waals surface area contributed by atoms with Crippen LogP contribution in [0.5, 0.6) is 5.75 Å². The van der Waals surface area contributed by atoms with Gasteiger partial charge in [0.1, 0.15) is 5.75 Å². The first-order chi connectivity index (χ1) is 21.2. The van der Waals surface area contributed by atoms with E-state index in [4.69, 9.17) is 21.1 Å². The zero-order chi connectivity index (χ0) is 33.3. The van der Waals surface area contributed by atoms with Crippen LogP contribution in [-0.2, 0) is 14.8 Å². The first-order valence-corrected chi connectivity index (χ1v) is 17.2. The number of urea groups is 1. The lowest BCUT2D eigenvalue weighted by Crippen LogP contribution is -2.48. The van der Waals surface area contributed by atoms with E-state index in [0.29, 0.717) is 29.5 Å². The largest absolute Gasteiger partial charge is 0.490 e. The molecule has 0 spiro atoms. The molecule has 0 unspecified atom stereocenters. The quantitative estimate of drug-likeness (QED) is 0.361. The number of aliphatic hydroxyl groups is 1. The molecule has 0 aromatic heterocycles. The van der Waals surface area contributed by atoms with E-state index in [2.05, 4.69) is 10.6 Å². The minimum atomic E-state index is -3.84. The maximum Gasteiger partial charge on any atom is 0.319 e. The number of nitrogens with one attached hydrogen (secondary N) is 2. The van der Waals surface area contributed by atoms with Gasteiger partial charge in [0.05, 0.1) is 35.3 Å². The maximum absolute atomic E-state index is 14.2. The molecule has 0 aliphatic carbocycles. The Morgan fingerprint density at radius 3 is 2.47 bits per heavy atom. The number of sulfonamides is 1. The summed E-state index contributed by atoms with van der Waals surface area (Å²) in [5.41, 5.74) is 0.658. The Morgan fingerprint density at radius 2 is 1.82 bits per heavy atom. The van der Waals surface area contributed by atoms with Crippen molar-refractivity contribution in [3.63, 3.8) is 0 Å². The molecule has 0 fully saturated rings. The zero-order valence-electron chi connectivity index (χ0n) is 27.0. The van der Waals surface area contributed by atoms with Gasteiger partial charge in [-0.15, -0.1) is 0 Å². The van der Waals surface area contributed by atoms with E-state index in [1.54, 1.807) is 30.0 Å². The van der Waals surface area contributed by atoms with Crippen molar-refractivity contribution < 1.29 is 32.6 Å². The van der Waals surface area contributed by atoms with E-state index in [0.717, 1.165) is 12.8 Å². The van der Waals surface area contributed by atoms with Gasteiger partial charge in [-0.2, -0.15) is 4.31 Å². The number of halogens is 1. The van der Waals surface area contributed by atoms with Crippen LogP contribution in [-0.4, -0.2) is 92.3 Å². The number of rotatable bonds is 8. The molecule has 3 amide bonds. The van der Waals surface area contributed by atoms with E-state index in [-0.39, 0.29) is 48.2 Å². The van der Waals surface area contributed by atoms with Gasteiger partial charge in [-0.25, -0.2) is 13.2 Å². The molecule has 0 saturated carbocycles. The number of fused-ring (bicyclic) bond motifs is 1. The number of anilines is 1. The molecule has 2 aromatic carbocycles. The molecule has 0 saturated heterocycles. The van der Waals surface area contributed by atoms with Crippen LogP contribution in [0.4, 0.5) is 10.5 Å². The first kappa shape index (κ1) is 36.6. The van der Waals surface area contributed by atoms with Crippen LogP contribution < -0.4 is 15.4 Å². The standard InChI is InChI=1S/C32H47ClN4O7S/c1-21(2)34-32(40)35-26-12-15-29-28(17-26)31(39)37(23(4)20-38)18-22(3)30(43-16-8-7-9-24(5)44-29)19-36(6)45(41,42)27-13-10-25(33)11-14-27/h10-15,17,21-24,30,38H,7-9,16,18-20H2,1-6H3,(H2,34,35,40)/t22-,23+,24-,30-/m0/s1. The molecule has 45 heavy (non-hydrogen) atoms. The summed E-state index contributed by atoms with van der Waals surface area (Å²) in [6.07, 6.45) is 1.47. The highest BCUT2D eigenvalue weighted by Gasteiger charge is 2.32. The summed E-state index contributed by atoms with van der Waals surface area (Å²) in [6.45, 7) is 9.59. The van der Waals surface area contributed by atoms with Crippen LogP contribution in [0, 0.1) is 5.92 Å². The second-order valence-electron chi connectivity index (χ2n) is 12.0. The van der Waals surface area contributed by atoms with E-state index in [9.17, 15) is 23.1 Å². The van der Waals surface area contributed by atoms with Gasteiger partial charge in [0.2, 0.25) is 10.0 Å². The highest BCUT2D eigenvalue weighted by Crippen LogP contribution is 2.29. The highest BCUT2D eigenvalue weighted by atomic mass is 35.5. The maximum atomic E-state index is 14.2. The number of likely N-dealkylation sites (N-methyl/N-ethyl adjacent to an activating group) is 1. The number of benzene rings is 2. The molecule has 0 bridgehead atoms. The van der Waals surface area contributed by atoms with Crippen molar-refractivity contribution in [2.45, 2.75) is 83.1 Å². The van der Waals surface area contributed by atoms with Gasteiger partial charge in [0, 0.05) is 49.4 Å². The van der Waals surface area contributed by atoms with Gasteiger partial charge in [-0.05, 0) is 89.4 Å². The lowest BCUT2D eigenvalue weighted by Gasteiger charge is -2.35. The summed E-state index contributed by atoms with van der Waals surface area (Å²) in [5.74, 6) is -0.338. The summed E-state index contributed by atoms with van der Waals surface area (Å²) >= 11 is 5.97. The number of carbonyl (C=O) groups excluding carboxylic acids is 2. The molecule has 250 valence electrons. The number of ether oxygens (including phenoxy) is 2. The molecule has 1 aliphatic rings. The Kier molecular flexibility index (Phi) is 13.5. The predicted octanol–water partition coefficient (Wildman–Crippen LogP) is 4.99. The topological polar surface area (TPSA) is 138 Å². The molecule has 11 nitrogen and oxygen atoms in total. The van der Waals surface area contributed by atoms with Crippen LogP contribution >= 0.6 is 11.6 Å². The average Bonchev–Trinajstić information content (AvgIpc) is 2.98. The number of hydrogen-bond donors (Lipinski definition) is 3. The molecule has 4 atom stereocenters. The fraction of sp³-hybridized carbons (Fsp3) is 0.562. The Bertz CT molecular complexity index is 1390. The van der Waals surface area contributed by atoms with Gasteiger partial charge < -0.3 is 30.1 Å². The minimum absolute atomic E-state index is 0.0524. The van der Waals surface area contributed by atoms with Crippen LogP contribution in [0.3, 0.4) is 0 Å². The van der Waals surface area contributed by atoms with Crippen LogP contribution in [0.25, 0.3) is 0 Å². The van der Waals surface area contributed by atoms with Crippen molar-refractivity contribution in [3.8, 4) is 5.75 Å². The molecule has 13 heteroatoms. The molecule has 0 radical (unpaired) electrons. The fourth-order valence-corrected chi connectivity index (χ4v) is 6.34. The number of aliphatic hydroxyl groups excluding tert-OH is 1. The summed E-state index contributed by atoms with van der Waals surface area (Å²) in [7, 11) is -2.33. The predicted molar refractivity (Wildman–Crippen MR) is 175 cm³/mol. The SMILES string of the molecule is CC(C)NC(=O)Nc1ccc2c(c1)C(=O)N([C@H](C)CO)C[C@H](C)[C@H](CN(C)S(=O)(=O)c1ccc(Cl)cc1)OCCCC[C@H](C)O2. The molecular weight excluding hydrogens is 620 g/mol. The molecule has 2 aromatic rings. The van der Waals surface area contributed by atoms with Crippen molar-refractivity contribution in [2.75, 3.05) is 38.7 Å². The van der Waals surface area contributed by atoms with Gasteiger partial charge in [0.25, 0.3) is 5.91 Å². The van der Waals surface area contributed by atoms with Crippen molar-refractivity contribution in [1.29, 1.82) is 0 Å². The second kappa shape index (κ2) is 16.6. The number of carbonyl (C=O) groups is 2. The third kappa shape index (κ3) is 10.3. The molecule has 3 N–H and O–H groups in total. The summed E-state index contributed by atoms with van der Waals surface area (Å²) in [4.78, 5) is 28.3. The third-order valence-corrected chi connectivity index (χ3v) is 9.78. The number of amides is 3. The third-order valence-electron chi connectivity index (χ3n) is 7.69. The van der Waals surface area contributed by atoms with E-state index >= 15 is 0 Å². The van der Waals surface area contributed by atoms with Crippen molar-refractivity contribution in [2.24, 2.45) is 5.92 Å². The summed E-state index contributed by atoms with van der Waals surface area (Å²) in [6, 6.07) is 9.88. The Balaban J connectivity index is 1.96. The number of hydrogen-bond acceptors (Lipinski definition) is 7. The Morgan fingerprint density at radius 1 is 1.13 bits per heavy atom. The monoisotopic (exact) mass is 666 g/mol. The van der Waals surface area contributed by atoms with Gasteiger partial charge in [-0.1, -0.05) is 18.5 Å². The smallest absolute Gasteiger partial charge is 0.319 e. The van der Waals surface area contributed by atoms with Crippen molar-refractivity contribution >= 4 is 39.2 Å². The van der Waals surface area contributed by atoms with Gasteiger partial charge in [-0.3, -0.25) is 4.79 Å². The van der Waals surface area contributed by atoms with Crippen LogP contribution in [0.1, 0.15) is 64.2 Å². The van der Waals surface area contributed by atoms with Crippen molar-refractivity contribution in [3.05, 3.63) is 53.1 Å². The zero-order valence-corrected chi connectivity index (χ0v) is 28.5. The van der Waals surface area contributed by atoms with E-state index in [1.165, 1.54) is 35.6 Å². The molecule has 3 rings (SSSR count). The average molecular weight is 667 g/mol. The van der Waals surface area contributed by atoms with E-state index < -0.39 is 34.1 Å². The molecular formula is C32H47ClN4O7S. The Hall–Kier alpha value is -2.90. The molecule has 1 heterocycles. The lowest BCUT2D eigenvalue weighted by atomic mass is 10.0. The Labute approximate surface area is 272 Å². The summed E-state index contributed by atoms with van der Waals surface area (Å²) < 4.78 is 40.5. The van der Waals surface area contributed by atoms with Gasteiger partial charge in [0.15, 0.2) is 0 Å².